The molecule has 1 aromatic carbocycles. The van der Waals surface area contributed by atoms with E-state index in [1.165, 1.54) is 30.5 Å². The number of alkyl halides is 3. The molecule has 7 nitrogen and oxygen atoms in total. The van der Waals surface area contributed by atoms with E-state index in [1.807, 2.05) is 25.1 Å². The molecule has 1 unspecified atom stereocenters. The maximum Gasteiger partial charge on any atom is 0.433 e. The van der Waals surface area contributed by atoms with Gasteiger partial charge in [-0.2, -0.15) is 18.3 Å². The summed E-state index contributed by atoms with van der Waals surface area (Å²) in [5.74, 6) is 0.895. The molecule has 3 aromatic rings. The number of fused-ring (bicyclic) bond motifs is 1. The Hall–Kier alpha value is -3.27. The molecule has 0 spiro atoms. The monoisotopic (exact) mass is 512 g/mol. The van der Waals surface area contributed by atoms with E-state index < -0.39 is 17.5 Å². The third-order valence-corrected chi connectivity index (χ3v) is 7.20. The molecular formula is C27H31F3N6O. The van der Waals surface area contributed by atoms with Gasteiger partial charge in [-0.15, -0.1) is 5.10 Å². The van der Waals surface area contributed by atoms with Gasteiger partial charge in [0.25, 0.3) is 0 Å². The minimum absolute atomic E-state index is 0.0157. The van der Waals surface area contributed by atoms with Crippen LogP contribution in [0.15, 0.2) is 36.5 Å². The zero-order valence-corrected chi connectivity index (χ0v) is 21.3. The van der Waals surface area contributed by atoms with Crippen molar-refractivity contribution in [3.8, 4) is 0 Å². The van der Waals surface area contributed by atoms with Crippen molar-refractivity contribution in [3.63, 3.8) is 0 Å². The molecule has 1 aliphatic heterocycles. The molecule has 0 amide bonds. The predicted molar refractivity (Wildman–Crippen MR) is 135 cm³/mol. The summed E-state index contributed by atoms with van der Waals surface area (Å²) in [5.41, 5.74) is 1.60. The number of aliphatic hydroxyl groups is 1. The Morgan fingerprint density at radius 2 is 1.76 bits per heavy atom. The molecule has 0 saturated carbocycles. The highest BCUT2D eigenvalue weighted by molar-refractivity contribution is 5.55. The van der Waals surface area contributed by atoms with Gasteiger partial charge in [-0.3, -0.25) is 0 Å². The van der Waals surface area contributed by atoms with Crippen LogP contribution in [0.3, 0.4) is 0 Å². The molecule has 196 valence electrons. The molecule has 0 bridgehead atoms. The van der Waals surface area contributed by atoms with Crippen LogP contribution in [0.2, 0.25) is 0 Å². The van der Waals surface area contributed by atoms with Crippen LogP contribution in [0.4, 0.5) is 24.9 Å². The number of halogens is 3. The molecule has 1 atom stereocenters. The number of benzene rings is 1. The average molecular weight is 513 g/mol. The first-order valence-electron chi connectivity index (χ1n) is 12.6. The highest BCUT2D eigenvalue weighted by Crippen LogP contribution is 2.37. The first-order chi connectivity index (χ1) is 17.5. The van der Waals surface area contributed by atoms with Crippen molar-refractivity contribution in [2.24, 2.45) is 0 Å². The maximum atomic E-state index is 13.8. The van der Waals surface area contributed by atoms with Gasteiger partial charge in [0.2, 0.25) is 5.95 Å². The molecule has 0 radical (unpaired) electrons. The predicted octanol–water partition coefficient (Wildman–Crippen LogP) is 4.31. The zero-order valence-electron chi connectivity index (χ0n) is 21.3. The summed E-state index contributed by atoms with van der Waals surface area (Å²) in [4.78, 5) is 12.1. The van der Waals surface area contributed by atoms with Crippen molar-refractivity contribution in [1.29, 1.82) is 0 Å². The molecule has 1 N–H and O–H groups in total. The number of rotatable bonds is 5. The van der Waals surface area contributed by atoms with Gasteiger partial charge in [-0.05, 0) is 51.2 Å². The van der Waals surface area contributed by atoms with Crippen LogP contribution in [0.1, 0.15) is 60.8 Å². The van der Waals surface area contributed by atoms with Crippen LogP contribution in [0.5, 0.6) is 0 Å². The number of anilines is 2. The van der Waals surface area contributed by atoms with E-state index in [4.69, 9.17) is 0 Å². The van der Waals surface area contributed by atoms with E-state index >= 15 is 0 Å². The summed E-state index contributed by atoms with van der Waals surface area (Å²) in [6.45, 7) is 6.13. The maximum absolute atomic E-state index is 13.8. The lowest BCUT2D eigenvalue weighted by Gasteiger charge is -2.41. The molecule has 1 fully saturated rings. The molecule has 3 heterocycles. The Morgan fingerprint density at radius 3 is 2.43 bits per heavy atom. The average Bonchev–Trinajstić information content (AvgIpc) is 3.34. The van der Waals surface area contributed by atoms with Crippen molar-refractivity contribution in [1.82, 2.24) is 20.2 Å². The molecule has 1 saturated heterocycles. The van der Waals surface area contributed by atoms with Crippen molar-refractivity contribution in [2.45, 2.75) is 64.3 Å². The Balaban J connectivity index is 1.37. The van der Waals surface area contributed by atoms with Gasteiger partial charge in [0, 0.05) is 49.4 Å². The third-order valence-electron chi connectivity index (χ3n) is 7.20. The Bertz CT molecular complexity index is 1280. The minimum Gasteiger partial charge on any atom is -0.386 e. The summed E-state index contributed by atoms with van der Waals surface area (Å²) < 4.78 is 41.3. The second-order valence-corrected chi connectivity index (χ2v) is 10.4. The Labute approximate surface area is 214 Å². The quantitative estimate of drug-likeness (QED) is 0.546. The van der Waals surface area contributed by atoms with Crippen LogP contribution in [0, 0.1) is 0 Å². The van der Waals surface area contributed by atoms with Gasteiger partial charge >= 0.3 is 6.18 Å². The Morgan fingerprint density at radius 1 is 1.03 bits per heavy atom. The van der Waals surface area contributed by atoms with E-state index in [9.17, 15) is 18.3 Å². The normalized spacial score (nSPS) is 18.3. The molecule has 2 aromatic heterocycles. The van der Waals surface area contributed by atoms with E-state index in [-0.39, 0.29) is 17.6 Å². The zero-order chi connectivity index (χ0) is 26.4. The van der Waals surface area contributed by atoms with Crippen LogP contribution >= 0.6 is 0 Å². The van der Waals surface area contributed by atoms with E-state index in [2.05, 4.69) is 37.2 Å². The first-order valence-corrected chi connectivity index (χ1v) is 12.6. The third kappa shape index (κ3) is 5.12. The topological polar surface area (TPSA) is 78.3 Å². The minimum atomic E-state index is -4.70. The van der Waals surface area contributed by atoms with E-state index in [0.29, 0.717) is 19.6 Å². The smallest absolute Gasteiger partial charge is 0.386 e. The van der Waals surface area contributed by atoms with Crippen molar-refractivity contribution in [3.05, 3.63) is 70.2 Å². The van der Waals surface area contributed by atoms with Crippen LogP contribution in [0.25, 0.3) is 0 Å². The van der Waals surface area contributed by atoms with Crippen molar-refractivity contribution >= 4 is 11.8 Å². The lowest BCUT2D eigenvalue weighted by Crippen LogP contribution is -2.53. The number of hydrogen-bond donors (Lipinski definition) is 1. The summed E-state index contributed by atoms with van der Waals surface area (Å²) >= 11 is 0. The fourth-order valence-electron chi connectivity index (χ4n) is 5.34. The van der Waals surface area contributed by atoms with Crippen LogP contribution in [-0.2, 0) is 31.0 Å². The number of hydrogen-bond acceptors (Lipinski definition) is 7. The SMILES string of the molecule is CC1CN(c2nnc(Cc3ccccc3)c3c2CCC3)CCN1c1ncc(C(C)(C)O)c(C(F)(F)F)n1. The van der Waals surface area contributed by atoms with Gasteiger partial charge in [0.1, 0.15) is 0 Å². The van der Waals surface area contributed by atoms with Crippen LogP contribution < -0.4 is 9.80 Å². The first kappa shape index (κ1) is 25.4. The molecule has 5 rings (SSSR count). The standard InChI is InChI=1S/C27H31F3N6O/c1-17-16-35(12-13-36(17)25-31-15-21(26(2,3)37)23(32-25)27(28,29)30)24-20-11-7-10-19(20)22(33-34-24)14-18-8-5-4-6-9-18/h4-6,8-9,15,17,37H,7,10-14,16H2,1-3H3. The van der Waals surface area contributed by atoms with Gasteiger partial charge in [0.05, 0.1) is 11.3 Å². The lowest BCUT2D eigenvalue weighted by atomic mass is 9.98. The highest BCUT2D eigenvalue weighted by Gasteiger charge is 2.41. The second kappa shape index (κ2) is 9.55. The van der Waals surface area contributed by atoms with E-state index in [1.54, 1.807) is 4.90 Å². The fraction of sp³-hybridized carbons (Fsp3) is 0.481. The lowest BCUT2D eigenvalue weighted by molar-refractivity contribution is -0.144. The summed E-state index contributed by atoms with van der Waals surface area (Å²) in [7, 11) is 0. The molecule has 10 heteroatoms. The molecule has 1 aliphatic carbocycles. The molecular weight excluding hydrogens is 481 g/mol. The van der Waals surface area contributed by atoms with Crippen molar-refractivity contribution < 1.29 is 18.3 Å². The largest absolute Gasteiger partial charge is 0.433 e. The number of aromatic nitrogens is 4. The summed E-state index contributed by atoms with van der Waals surface area (Å²) in [6.07, 6.45) is 0.142. The number of nitrogens with zero attached hydrogens (tertiary/aromatic N) is 6. The molecule has 2 aliphatic rings. The van der Waals surface area contributed by atoms with Crippen molar-refractivity contribution in [2.75, 3.05) is 29.4 Å². The van der Waals surface area contributed by atoms with Crippen LogP contribution in [-0.4, -0.2) is 50.9 Å². The highest BCUT2D eigenvalue weighted by atomic mass is 19.4. The molecule has 37 heavy (non-hydrogen) atoms. The van der Waals surface area contributed by atoms with Gasteiger partial charge in [0.15, 0.2) is 11.5 Å². The fourth-order valence-corrected chi connectivity index (χ4v) is 5.34. The van der Waals surface area contributed by atoms with Gasteiger partial charge in [-0.1, -0.05) is 30.3 Å². The van der Waals surface area contributed by atoms with Gasteiger partial charge < -0.3 is 14.9 Å². The second-order valence-electron chi connectivity index (χ2n) is 10.4. The summed E-state index contributed by atoms with van der Waals surface area (Å²) in [6, 6.07) is 10.1. The Kier molecular flexibility index (Phi) is 6.55. The van der Waals surface area contributed by atoms with Gasteiger partial charge in [-0.25, -0.2) is 9.97 Å². The number of piperazine rings is 1. The van der Waals surface area contributed by atoms with E-state index in [0.717, 1.165) is 43.4 Å². The summed E-state index contributed by atoms with van der Waals surface area (Å²) in [5, 5.41) is 19.5.